The number of nitriles is 1. The van der Waals surface area contributed by atoms with E-state index < -0.39 is 12.1 Å². The topological polar surface area (TPSA) is 87.4 Å². The van der Waals surface area contributed by atoms with Gasteiger partial charge in [-0.1, -0.05) is 18.2 Å². The van der Waals surface area contributed by atoms with E-state index in [9.17, 15) is 9.59 Å². The molecule has 0 fully saturated rings. The molecule has 0 radical (unpaired) electrons. The Morgan fingerprint density at radius 2 is 1.92 bits per heavy atom. The molecule has 0 saturated heterocycles. The lowest BCUT2D eigenvalue weighted by Crippen LogP contribution is -2.22. The maximum atomic E-state index is 12.1. The van der Waals surface area contributed by atoms with Crippen LogP contribution >= 0.6 is 0 Å². The number of allylic oxidation sites excluding steroid dienone is 1. The highest BCUT2D eigenvalue weighted by molar-refractivity contribution is 6.06. The first-order chi connectivity index (χ1) is 11.5. The zero-order chi connectivity index (χ0) is 17.5. The second-order valence-corrected chi connectivity index (χ2v) is 5.06. The van der Waals surface area contributed by atoms with E-state index in [1.807, 2.05) is 6.07 Å². The Labute approximate surface area is 139 Å². The van der Waals surface area contributed by atoms with E-state index in [-0.39, 0.29) is 5.78 Å². The molecule has 120 valence electrons. The van der Waals surface area contributed by atoms with Crippen LogP contribution in [0.25, 0.3) is 6.08 Å². The molecule has 0 unspecified atom stereocenters. The highest BCUT2D eigenvalue weighted by Gasteiger charge is 2.12. The maximum absolute atomic E-state index is 12.1. The number of hydrogen-bond acceptors (Lipinski definition) is 4. The van der Waals surface area contributed by atoms with Gasteiger partial charge in [0.1, 0.15) is 5.75 Å². The lowest BCUT2D eigenvalue weighted by atomic mass is 10.1. The number of rotatable bonds is 6. The lowest BCUT2D eigenvalue weighted by molar-refractivity contribution is -0.144. The fourth-order valence-electron chi connectivity index (χ4n) is 1.92. The van der Waals surface area contributed by atoms with E-state index in [1.165, 1.54) is 13.0 Å². The number of ether oxygens (including phenoxy) is 1. The first kappa shape index (κ1) is 17.0. The molecular formula is C19H15NO4. The number of carboxylic acid groups (broad SMARTS) is 1. The van der Waals surface area contributed by atoms with Crippen LogP contribution in [0.3, 0.4) is 0 Å². The number of carbonyl (C=O) groups is 2. The smallest absolute Gasteiger partial charge is 0.344 e. The van der Waals surface area contributed by atoms with Gasteiger partial charge in [-0.05, 0) is 55.0 Å². The third kappa shape index (κ3) is 4.55. The van der Waals surface area contributed by atoms with Crippen LogP contribution < -0.4 is 4.74 Å². The zero-order valence-electron chi connectivity index (χ0n) is 13.0. The molecule has 0 heterocycles. The van der Waals surface area contributed by atoms with Crippen molar-refractivity contribution in [2.75, 3.05) is 0 Å². The first-order valence-electron chi connectivity index (χ1n) is 7.21. The minimum atomic E-state index is -1.05. The van der Waals surface area contributed by atoms with Crippen molar-refractivity contribution in [2.24, 2.45) is 0 Å². The molecule has 2 rings (SSSR count). The monoisotopic (exact) mass is 321 g/mol. The van der Waals surface area contributed by atoms with Gasteiger partial charge in [-0.25, -0.2) is 4.79 Å². The summed E-state index contributed by atoms with van der Waals surface area (Å²) >= 11 is 0. The summed E-state index contributed by atoms with van der Waals surface area (Å²) < 4.78 is 5.28. The van der Waals surface area contributed by atoms with Gasteiger partial charge in [0.25, 0.3) is 0 Å². The van der Waals surface area contributed by atoms with Crippen molar-refractivity contribution in [3.05, 3.63) is 71.3 Å². The summed E-state index contributed by atoms with van der Waals surface area (Å²) in [5.74, 6) is -0.825. The lowest BCUT2D eigenvalue weighted by Gasteiger charge is -2.10. The van der Waals surface area contributed by atoms with E-state index >= 15 is 0 Å². The zero-order valence-corrected chi connectivity index (χ0v) is 13.0. The number of nitrogens with zero attached hydrogens (tertiary/aromatic N) is 1. The predicted octanol–water partition coefficient (Wildman–Crippen LogP) is 3.31. The Morgan fingerprint density at radius 1 is 1.21 bits per heavy atom. The van der Waals surface area contributed by atoms with E-state index in [0.717, 1.165) is 0 Å². The van der Waals surface area contributed by atoms with Crippen LogP contribution in [0, 0.1) is 11.3 Å². The van der Waals surface area contributed by atoms with Gasteiger partial charge < -0.3 is 9.84 Å². The van der Waals surface area contributed by atoms with Crippen molar-refractivity contribution in [3.8, 4) is 11.8 Å². The molecule has 24 heavy (non-hydrogen) atoms. The normalized spacial score (nSPS) is 11.7. The first-order valence-corrected chi connectivity index (χ1v) is 7.21. The number of hydrogen-bond donors (Lipinski definition) is 1. The third-order valence-corrected chi connectivity index (χ3v) is 3.24. The summed E-state index contributed by atoms with van der Waals surface area (Å²) in [4.78, 5) is 22.9. The quantitative estimate of drug-likeness (QED) is 0.651. The predicted molar refractivity (Wildman–Crippen MR) is 88.7 cm³/mol. The van der Waals surface area contributed by atoms with Gasteiger partial charge in [-0.3, -0.25) is 4.79 Å². The summed E-state index contributed by atoms with van der Waals surface area (Å²) in [6, 6.07) is 15.2. The van der Waals surface area contributed by atoms with E-state index in [2.05, 4.69) is 0 Å². The highest BCUT2D eigenvalue weighted by atomic mass is 16.5. The van der Waals surface area contributed by atoms with Crippen molar-refractivity contribution < 1.29 is 19.4 Å². The largest absolute Gasteiger partial charge is 0.479 e. The second kappa shape index (κ2) is 7.75. The van der Waals surface area contributed by atoms with Crippen LogP contribution in [0.15, 0.2) is 54.6 Å². The van der Waals surface area contributed by atoms with Crippen LogP contribution in [-0.2, 0) is 4.79 Å². The maximum Gasteiger partial charge on any atom is 0.344 e. The second-order valence-electron chi connectivity index (χ2n) is 5.06. The molecule has 5 nitrogen and oxygen atoms in total. The van der Waals surface area contributed by atoms with Gasteiger partial charge in [0.15, 0.2) is 11.9 Å². The number of carbonyl (C=O) groups excluding carboxylic acids is 1. The number of benzene rings is 2. The molecule has 5 heteroatoms. The SMILES string of the molecule is C[C@@H](Oc1cccc(/C=C\C(=O)c2ccc(C#N)cc2)c1)C(=O)O. The molecule has 0 aromatic heterocycles. The van der Waals surface area contributed by atoms with Crippen LogP contribution in [0.1, 0.15) is 28.4 Å². The molecule has 0 aliphatic rings. The highest BCUT2D eigenvalue weighted by Crippen LogP contribution is 2.16. The molecule has 1 atom stereocenters. The van der Waals surface area contributed by atoms with Crippen molar-refractivity contribution >= 4 is 17.8 Å². The van der Waals surface area contributed by atoms with E-state index in [1.54, 1.807) is 54.6 Å². The average molecular weight is 321 g/mol. The van der Waals surface area contributed by atoms with Crippen molar-refractivity contribution in [1.82, 2.24) is 0 Å². The molecule has 2 aromatic carbocycles. The van der Waals surface area contributed by atoms with E-state index in [0.29, 0.717) is 22.4 Å². The Balaban J connectivity index is 2.09. The molecule has 0 aliphatic carbocycles. The third-order valence-electron chi connectivity index (χ3n) is 3.24. The number of aliphatic carboxylic acids is 1. The van der Waals surface area contributed by atoms with Crippen molar-refractivity contribution in [3.63, 3.8) is 0 Å². The number of ketones is 1. The fraction of sp³-hybridized carbons (Fsp3) is 0.105. The Bertz CT molecular complexity index is 816. The van der Waals surface area contributed by atoms with Gasteiger partial charge >= 0.3 is 5.97 Å². The van der Waals surface area contributed by atoms with Crippen LogP contribution in [0.4, 0.5) is 0 Å². The van der Waals surface area contributed by atoms with Gasteiger partial charge in [-0.2, -0.15) is 5.26 Å². The average Bonchev–Trinajstić information content (AvgIpc) is 2.60. The van der Waals surface area contributed by atoms with Crippen LogP contribution in [-0.4, -0.2) is 23.0 Å². The van der Waals surface area contributed by atoms with Gasteiger partial charge in [0.05, 0.1) is 11.6 Å². The summed E-state index contributed by atoms with van der Waals surface area (Å²) in [5.41, 5.74) is 1.69. The summed E-state index contributed by atoms with van der Waals surface area (Å²) in [7, 11) is 0. The van der Waals surface area contributed by atoms with Crippen molar-refractivity contribution in [1.29, 1.82) is 5.26 Å². The Hall–Kier alpha value is -3.39. The van der Waals surface area contributed by atoms with Gasteiger partial charge in [-0.15, -0.1) is 0 Å². The molecule has 1 N–H and O–H groups in total. The van der Waals surface area contributed by atoms with E-state index in [4.69, 9.17) is 15.1 Å². The van der Waals surface area contributed by atoms with Gasteiger partial charge in [0, 0.05) is 5.56 Å². The molecule has 0 spiro atoms. The molecule has 0 amide bonds. The minimum Gasteiger partial charge on any atom is -0.479 e. The van der Waals surface area contributed by atoms with Crippen LogP contribution in [0.5, 0.6) is 5.75 Å². The Kier molecular flexibility index (Phi) is 5.48. The summed E-state index contributed by atoms with van der Waals surface area (Å²) in [5, 5.41) is 17.6. The Morgan fingerprint density at radius 3 is 2.54 bits per heavy atom. The molecule has 0 bridgehead atoms. The summed E-state index contributed by atoms with van der Waals surface area (Å²) in [6.07, 6.45) is 2.09. The number of carboxylic acids is 1. The van der Waals surface area contributed by atoms with Gasteiger partial charge in [0.2, 0.25) is 0 Å². The fourth-order valence-corrected chi connectivity index (χ4v) is 1.92. The molecular weight excluding hydrogens is 306 g/mol. The molecule has 2 aromatic rings. The summed E-state index contributed by atoms with van der Waals surface area (Å²) in [6.45, 7) is 1.44. The molecule has 0 saturated carbocycles. The van der Waals surface area contributed by atoms with Crippen molar-refractivity contribution in [2.45, 2.75) is 13.0 Å². The van der Waals surface area contributed by atoms with Crippen LogP contribution in [0.2, 0.25) is 0 Å². The minimum absolute atomic E-state index is 0.190. The molecule has 0 aliphatic heterocycles. The standard InChI is InChI=1S/C19H15NO4/c1-13(19(22)23)24-17-4-2-3-14(11-17)7-10-18(21)16-8-5-15(12-20)6-9-16/h2-11,13H,1H3,(H,22,23)/b10-7-/t13-/m1/s1.